The van der Waals surface area contributed by atoms with Crippen LogP contribution in [0.5, 0.6) is 0 Å². The number of hydrogen-bond acceptors (Lipinski definition) is 3. The number of aryl methyl sites for hydroxylation is 1. The highest BCUT2D eigenvalue weighted by Crippen LogP contribution is 2.04. The molecule has 0 aliphatic rings. The lowest BCUT2D eigenvalue weighted by Gasteiger charge is -2.16. The Balaban J connectivity index is 2.54. The lowest BCUT2D eigenvalue weighted by atomic mass is 10.2. The van der Waals surface area contributed by atoms with Gasteiger partial charge in [0.15, 0.2) is 0 Å². The van der Waals surface area contributed by atoms with Crippen LogP contribution in [0.25, 0.3) is 0 Å². The number of rotatable bonds is 5. The molecule has 5 heteroatoms. The summed E-state index contributed by atoms with van der Waals surface area (Å²) >= 11 is 0. The Bertz CT molecular complexity index is 418. The van der Waals surface area contributed by atoms with Crippen molar-refractivity contribution in [2.24, 2.45) is 0 Å². The predicted molar refractivity (Wildman–Crippen MR) is 62.8 cm³/mol. The smallest absolute Gasteiger partial charge is 0.303 e. The molecule has 0 unspecified atom stereocenters. The molecule has 0 atom stereocenters. The molecule has 0 bridgehead atoms. The zero-order valence-electron chi connectivity index (χ0n) is 10.0. The summed E-state index contributed by atoms with van der Waals surface area (Å²) in [5.41, 5.74) is 1.37. The maximum Gasteiger partial charge on any atom is 0.303 e. The fourth-order valence-electron chi connectivity index (χ4n) is 1.42. The van der Waals surface area contributed by atoms with E-state index in [2.05, 4.69) is 4.98 Å². The molecule has 0 aromatic carbocycles. The number of aliphatic carboxylic acids is 1. The lowest BCUT2D eigenvalue weighted by Crippen LogP contribution is -2.28. The second-order valence-corrected chi connectivity index (χ2v) is 3.94. The van der Waals surface area contributed by atoms with Crippen LogP contribution >= 0.6 is 0 Å². The second kappa shape index (κ2) is 5.98. The molecule has 1 amide bonds. The molecule has 1 N–H and O–H groups in total. The first-order chi connectivity index (χ1) is 8.00. The number of hydrogen-bond donors (Lipinski definition) is 1. The van der Waals surface area contributed by atoms with Crippen molar-refractivity contribution in [2.45, 2.75) is 19.8 Å². The van der Waals surface area contributed by atoms with Crippen molar-refractivity contribution >= 4 is 11.9 Å². The third kappa shape index (κ3) is 4.22. The van der Waals surface area contributed by atoms with Crippen LogP contribution in [-0.2, 0) is 4.79 Å². The van der Waals surface area contributed by atoms with Gasteiger partial charge in [-0.05, 0) is 31.0 Å². The molecule has 0 fully saturated rings. The molecule has 0 radical (unpaired) electrons. The van der Waals surface area contributed by atoms with E-state index in [1.54, 1.807) is 19.3 Å². The summed E-state index contributed by atoms with van der Waals surface area (Å²) in [6.45, 7) is 2.31. The quantitative estimate of drug-likeness (QED) is 0.837. The van der Waals surface area contributed by atoms with Crippen LogP contribution in [0.15, 0.2) is 18.3 Å². The van der Waals surface area contributed by atoms with Crippen LogP contribution in [0.1, 0.15) is 28.9 Å². The Morgan fingerprint density at radius 1 is 1.47 bits per heavy atom. The number of carboxylic acid groups (broad SMARTS) is 1. The van der Waals surface area contributed by atoms with Crippen LogP contribution in [0.2, 0.25) is 0 Å². The van der Waals surface area contributed by atoms with Crippen LogP contribution < -0.4 is 0 Å². The van der Waals surface area contributed by atoms with Gasteiger partial charge < -0.3 is 10.0 Å². The third-order valence-electron chi connectivity index (χ3n) is 2.37. The van der Waals surface area contributed by atoms with Crippen LogP contribution in [-0.4, -0.2) is 40.5 Å². The minimum Gasteiger partial charge on any atom is -0.481 e. The van der Waals surface area contributed by atoms with Crippen molar-refractivity contribution in [3.8, 4) is 0 Å². The molecule has 1 aromatic rings. The standard InChI is InChI=1S/C12H16N2O3/c1-9-5-6-13-10(8-9)12(17)14(2)7-3-4-11(15)16/h5-6,8H,3-4,7H2,1-2H3,(H,15,16). The first-order valence-corrected chi connectivity index (χ1v) is 5.40. The van der Waals surface area contributed by atoms with Gasteiger partial charge in [-0.3, -0.25) is 14.6 Å². The topological polar surface area (TPSA) is 70.5 Å². The average Bonchev–Trinajstić information content (AvgIpc) is 2.27. The summed E-state index contributed by atoms with van der Waals surface area (Å²) in [6.07, 6.45) is 2.11. The van der Waals surface area contributed by atoms with Gasteiger partial charge in [-0.25, -0.2) is 0 Å². The summed E-state index contributed by atoms with van der Waals surface area (Å²) in [6, 6.07) is 3.54. The van der Waals surface area contributed by atoms with E-state index in [9.17, 15) is 9.59 Å². The van der Waals surface area contributed by atoms with Gasteiger partial charge in [0.25, 0.3) is 5.91 Å². The van der Waals surface area contributed by atoms with Gasteiger partial charge in [-0.15, -0.1) is 0 Å². The molecule has 0 aliphatic heterocycles. The summed E-state index contributed by atoms with van der Waals surface area (Å²) in [7, 11) is 1.65. The monoisotopic (exact) mass is 236 g/mol. The number of amides is 1. The van der Waals surface area contributed by atoms with Gasteiger partial charge in [0.2, 0.25) is 0 Å². The van der Waals surface area contributed by atoms with Gasteiger partial charge in [-0.1, -0.05) is 0 Å². The Morgan fingerprint density at radius 3 is 2.76 bits per heavy atom. The molecule has 1 heterocycles. The molecule has 0 saturated heterocycles. The largest absolute Gasteiger partial charge is 0.481 e. The molecule has 0 saturated carbocycles. The minimum atomic E-state index is -0.848. The van der Waals surface area contributed by atoms with E-state index in [1.165, 1.54) is 4.90 Å². The van der Waals surface area contributed by atoms with E-state index in [-0.39, 0.29) is 12.3 Å². The van der Waals surface area contributed by atoms with Crippen molar-refractivity contribution in [3.05, 3.63) is 29.6 Å². The number of carbonyl (C=O) groups excluding carboxylic acids is 1. The van der Waals surface area contributed by atoms with Crippen molar-refractivity contribution in [1.29, 1.82) is 0 Å². The summed E-state index contributed by atoms with van der Waals surface area (Å²) in [4.78, 5) is 27.7. The van der Waals surface area contributed by atoms with E-state index < -0.39 is 5.97 Å². The Morgan fingerprint density at radius 2 is 2.18 bits per heavy atom. The normalized spacial score (nSPS) is 10.0. The van der Waals surface area contributed by atoms with Crippen molar-refractivity contribution < 1.29 is 14.7 Å². The van der Waals surface area contributed by atoms with Gasteiger partial charge in [0.1, 0.15) is 5.69 Å². The maximum absolute atomic E-state index is 11.9. The molecule has 0 aliphatic carbocycles. The van der Waals surface area contributed by atoms with E-state index in [4.69, 9.17) is 5.11 Å². The van der Waals surface area contributed by atoms with E-state index in [0.717, 1.165) is 5.56 Å². The van der Waals surface area contributed by atoms with Crippen LogP contribution in [0.4, 0.5) is 0 Å². The summed E-state index contributed by atoms with van der Waals surface area (Å²) in [5.74, 6) is -1.03. The Kier molecular flexibility index (Phi) is 4.63. The Hall–Kier alpha value is -1.91. The number of pyridine rings is 1. The van der Waals surface area contributed by atoms with Crippen molar-refractivity contribution in [1.82, 2.24) is 9.88 Å². The lowest BCUT2D eigenvalue weighted by molar-refractivity contribution is -0.137. The molecule has 92 valence electrons. The second-order valence-electron chi connectivity index (χ2n) is 3.94. The minimum absolute atomic E-state index is 0.0683. The zero-order chi connectivity index (χ0) is 12.8. The number of nitrogens with zero attached hydrogens (tertiary/aromatic N) is 2. The summed E-state index contributed by atoms with van der Waals surface area (Å²) in [5, 5.41) is 8.50. The molecular weight excluding hydrogens is 220 g/mol. The Labute approximate surface area is 100 Å². The van der Waals surface area contributed by atoms with Gasteiger partial charge in [-0.2, -0.15) is 0 Å². The number of carboxylic acids is 1. The van der Waals surface area contributed by atoms with Gasteiger partial charge in [0, 0.05) is 26.2 Å². The molecule has 1 aromatic heterocycles. The number of aromatic nitrogens is 1. The molecule has 5 nitrogen and oxygen atoms in total. The SMILES string of the molecule is Cc1ccnc(C(=O)N(C)CCCC(=O)O)c1. The molecule has 0 spiro atoms. The van der Waals surface area contributed by atoms with Crippen LogP contribution in [0, 0.1) is 6.92 Å². The van der Waals surface area contributed by atoms with Crippen molar-refractivity contribution in [3.63, 3.8) is 0 Å². The fraction of sp³-hybridized carbons (Fsp3) is 0.417. The molecule has 1 rings (SSSR count). The predicted octanol–water partition coefficient (Wildman–Crippen LogP) is 1.33. The highest BCUT2D eigenvalue weighted by molar-refractivity contribution is 5.92. The molecule has 17 heavy (non-hydrogen) atoms. The first-order valence-electron chi connectivity index (χ1n) is 5.40. The third-order valence-corrected chi connectivity index (χ3v) is 2.37. The van der Waals surface area contributed by atoms with Crippen molar-refractivity contribution in [2.75, 3.05) is 13.6 Å². The van der Waals surface area contributed by atoms with Gasteiger partial charge in [0.05, 0.1) is 0 Å². The highest BCUT2D eigenvalue weighted by Gasteiger charge is 2.12. The maximum atomic E-state index is 11.9. The molecular formula is C12H16N2O3. The van der Waals surface area contributed by atoms with E-state index in [0.29, 0.717) is 18.7 Å². The number of carbonyl (C=O) groups is 2. The first kappa shape index (κ1) is 13.2. The fourth-order valence-corrected chi connectivity index (χ4v) is 1.42. The summed E-state index contributed by atoms with van der Waals surface area (Å²) < 4.78 is 0. The van der Waals surface area contributed by atoms with E-state index in [1.807, 2.05) is 13.0 Å². The van der Waals surface area contributed by atoms with E-state index >= 15 is 0 Å². The highest BCUT2D eigenvalue weighted by atomic mass is 16.4. The van der Waals surface area contributed by atoms with Crippen LogP contribution in [0.3, 0.4) is 0 Å². The van der Waals surface area contributed by atoms with Gasteiger partial charge >= 0.3 is 5.97 Å². The zero-order valence-corrected chi connectivity index (χ0v) is 10.0. The average molecular weight is 236 g/mol.